The van der Waals surface area contributed by atoms with Gasteiger partial charge in [0.1, 0.15) is 10.9 Å². The third-order valence-electron chi connectivity index (χ3n) is 5.37. The smallest absolute Gasteiger partial charge is 0.407 e. The summed E-state index contributed by atoms with van der Waals surface area (Å²) in [7, 11) is 1.59. The Morgan fingerprint density at radius 2 is 2.03 bits per heavy atom. The summed E-state index contributed by atoms with van der Waals surface area (Å²) in [6, 6.07) is 7.45. The van der Waals surface area contributed by atoms with E-state index >= 15 is 0 Å². The maximum Gasteiger partial charge on any atom is 0.407 e. The van der Waals surface area contributed by atoms with Gasteiger partial charge in [0.15, 0.2) is 0 Å². The molecule has 0 bridgehead atoms. The van der Waals surface area contributed by atoms with Crippen molar-refractivity contribution >= 4 is 40.8 Å². The highest BCUT2D eigenvalue weighted by Gasteiger charge is 2.21. The number of nitrogens with zero attached hydrogens (tertiary/aromatic N) is 4. The van der Waals surface area contributed by atoms with E-state index in [4.69, 9.17) is 21.4 Å². The fourth-order valence-corrected chi connectivity index (χ4v) is 3.99. The van der Waals surface area contributed by atoms with Crippen LogP contribution >= 0.6 is 11.6 Å². The summed E-state index contributed by atoms with van der Waals surface area (Å²) in [6.07, 6.45) is 2.65. The average Bonchev–Trinajstić information content (AvgIpc) is 2.75. The third kappa shape index (κ3) is 4.68. The van der Waals surface area contributed by atoms with Gasteiger partial charge in [0.2, 0.25) is 0 Å². The first kappa shape index (κ1) is 21.2. The second-order valence-electron chi connectivity index (χ2n) is 7.40. The van der Waals surface area contributed by atoms with Gasteiger partial charge < -0.3 is 30.3 Å². The number of hydroxylamine groups is 1. The third-order valence-corrected chi connectivity index (χ3v) is 5.56. The van der Waals surface area contributed by atoms with Crippen molar-refractivity contribution in [2.45, 2.75) is 6.54 Å². The lowest BCUT2D eigenvalue weighted by atomic mass is 10.1. The highest BCUT2D eigenvalue weighted by molar-refractivity contribution is 6.30. The van der Waals surface area contributed by atoms with E-state index in [2.05, 4.69) is 15.2 Å². The zero-order valence-corrected chi connectivity index (χ0v) is 17.8. The van der Waals surface area contributed by atoms with Crippen LogP contribution in [0.3, 0.4) is 0 Å². The number of methoxy groups -OCH3 is 1. The first-order chi connectivity index (χ1) is 14.9. The molecule has 0 spiro atoms. The molecule has 1 fully saturated rings. The van der Waals surface area contributed by atoms with E-state index in [1.54, 1.807) is 25.3 Å². The molecule has 3 heterocycles. The van der Waals surface area contributed by atoms with Gasteiger partial charge in [0.25, 0.3) is 0 Å². The molecule has 1 saturated heterocycles. The van der Waals surface area contributed by atoms with Gasteiger partial charge in [-0.15, -0.1) is 0 Å². The Morgan fingerprint density at radius 3 is 2.74 bits per heavy atom. The molecule has 2 aliphatic heterocycles. The maximum atomic E-state index is 12.4. The number of hydrogen-bond donors (Lipinski definition) is 2. The fraction of sp³-hybridized carbons (Fsp3) is 0.333. The number of carboxylic acid groups (broad SMARTS) is 1. The van der Waals surface area contributed by atoms with Gasteiger partial charge in [-0.1, -0.05) is 23.7 Å². The van der Waals surface area contributed by atoms with Crippen molar-refractivity contribution in [2.75, 3.05) is 50.2 Å². The monoisotopic (exact) mass is 444 g/mol. The van der Waals surface area contributed by atoms with E-state index in [1.165, 1.54) is 4.90 Å². The zero-order valence-electron chi connectivity index (χ0n) is 17.0. The molecule has 0 atom stereocenters. The number of carbonyl (C=O) groups is 1. The molecular formula is C21H23ClN5O4-. The molecule has 2 N–H and O–H groups in total. The molecule has 0 unspecified atom stereocenters. The highest BCUT2D eigenvalue weighted by atomic mass is 35.5. The van der Waals surface area contributed by atoms with Crippen molar-refractivity contribution in [3.05, 3.63) is 52.0 Å². The van der Waals surface area contributed by atoms with Crippen LogP contribution in [0.2, 0.25) is 5.15 Å². The molecule has 0 radical (unpaired) electrons. The minimum absolute atomic E-state index is 0.246. The number of nitrogens with one attached hydrogen (secondary N) is 1. The van der Waals surface area contributed by atoms with Crippen LogP contribution in [0.25, 0.3) is 6.08 Å². The number of amides is 1. The van der Waals surface area contributed by atoms with E-state index < -0.39 is 6.09 Å². The van der Waals surface area contributed by atoms with Crippen LogP contribution in [0, 0.1) is 5.21 Å². The summed E-state index contributed by atoms with van der Waals surface area (Å²) < 4.78 is 5.58. The molecule has 1 aromatic heterocycles. The predicted octanol–water partition coefficient (Wildman–Crippen LogP) is 3.61. The van der Waals surface area contributed by atoms with Gasteiger partial charge in [-0.05, 0) is 23.8 Å². The SMILES string of the molecule is COc1cc(CN2CCN(C(=O)O)CC2)ccc1Nc1cc(Cl)nc2c1N([O-])CC=C2. The Balaban J connectivity index is 1.52. The van der Waals surface area contributed by atoms with E-state index in [1.807, 2.05) is 18.2 Å². The summed E-state index contributed by atoms with van der Waals surface area (Å²) in [5.74, 6) is 0.632. The van der Waals surface area contributed by atoms with Crippen LogP contribution in [0.15, 0.2) is 30.3 Å². The predicted molar refractivity (Wildman–Crippen MR) is 120 cm³/mol. The molecule has 1 aromatic carbocycles. The molecule has 1 amide bonds. The molecule has 31 heavy (non-hydrogen) atoms. The average molecular weight is 445 g/mol. The first-order valence-electron chi connectivity index (χ1n) is 9.90. The van der Waals surface area contributed by atoms with Crippen molar-refractivity contribution in [2.24, 2.45) is 0 Å². The number of ether oxygens (including phenoxy) is 1. The summed E-state index contributed by atoms with van der Waals surface area (Å²) in [4.78, 5) is 18.9. The minimum atomic E-state index is -0.873. The largest absolute Gasteiger partial charge is 0.758 e. The number of halogens is 1. The molecule has 164 valence electrons. The van der Waals surface area contributed by atoms with Gasteiger partial charge in [0, 0.05) is 45.3 Å². The van der Waals surface area contributed by atoms with Crippen molar-refractivity contribution in [1.29, 1.82) is 0 Å². The molecule has 0 aliphatic carbocycles. The number of anilines is 3. The van der Waals surface area contributed by atoms with Gasteiger partial charge in [-0.3, -0.25) is 4.90 Å². The number of benzene rings is 1. The van der Waals surface area contributed by atoms with Crippen molar-refractivity contribution in [3.63, 3.8) is 0 Å². The van der Waals surface area contributed by atoms with Gasteiger partial charge in [-0.2, -0.15) is 0 Å². The van der Waals surface area contributed by atoms with Gasteiger partial charge in [-0.25, -0.2) is 9.78 Å². The second-order valence-corrected chi connectivity index (χ2v) is 7.78. The standard InChI is InChI=1S/C21H23ClN5O4/c1-31-18-11-14(13-25-7-9-26(10-8-25)21(28)29)4-5-15(18)23-17-12-19(22)24-16-3-2-6-27(30)20(16)17/h2-5,11-12H,6-10,13H2,1H3,(H,23,24)(H,28,29)/q-1. The Bertz CT molecular complexity index is 1010. The number of fused-ring (bicyclic) bond motifs is 1. The van der Waals surface area contributed by atoms with E-state index in [0.717, 1.165) is 10.6 Å². The fourth-order valence-electron chi connectivity index (χ4n) is 3.79. The highest BCUT2D eigenvalue weighted by Crippen LogP contribution is 2.38. The Labute approximate surface area is 185 Å². The van der Waals surface area contributed by atoms with E-state index in [-0.39, 0.29) is 11.7 Å². The van der Waals surface area contributed by atoms with Gasteiger partial charge in [0.05, 0.1) is 29.9 Å². The molecule has 0 saturated carbocycles. The minimum Gasteiger partial charge on any atom is -0.758 e. The van der Waals surface area contributed by atoms with Crippen molar-refractivity contribution in [1.82, 2.24) is 14.8 Å². The van der Waals surface area contributed by atoms with Crippen LogP contribution in [0.4, 0.5) is 21.9 Å². The summed E-state index contributed by atoms with van der Waals surface area (Å²) in [5, 5.41) is 25.9. The van der Waals surface area contributed by atoms with E-state index in [0.29, 0.717) is 61.2 Å². The number of pyridine rings is 1. The van der Waals surface area contributed by atoms with Crippen molar-refractivity contribution in [3.8, 4) is 5.75 Å². The summed E-state index contributed by atoms with van der Waals surface area (Å²) in [6.45, 7) is 3.31. The van der Waals surface area contributed by atoms with E-state index in [9.17, 15) is 10.0 Å². The first-order valence-corrected chi connectivity index (χ1v) is 10.3. The molecule has 9 nitrogen and oxygen atoms in total. The lowest BCUT2D eigenvalue weighted by Crippen LogP contribution is -2.47. The van der Waals surface area contributed by atoms with Crippen LogP contribution in [0.1, 0.15) is 11.3 Å². The number of aromatic nitrogens is 1. The summed E-state index contributed by atoms with van der Waals surface area (Å²) in [5.41, 5.74) is 3.27. The normalized spacial score (nSPS) is 16.2. The van der Waals surface area contributed by atoms with Crippen LogP contribution < -0.4 is 15.1 Å². The number of hydrogen-bond acceptors (Lipinski definition) is 7. The maximum absolute atomic E-state index is 12.4. The molecule has 2 aromatic rings. The van der Waals surface area contributed by atoms with Crippen LogP contribution in [0.5, 0.6) is 5.75 Å². The second kappa shape index (κ2) is 9.01. The van der Waals surface area contributed by atoms with Crippen molar-refractivity contribution < 1.29 is 14.6 Å². The number of piperazine rings is 1. The summed E-state index contributed by atoms with van der Waals surface area (Å²) >= 11 is 6.15. The molecule has 2 aliphatic rings. The topological polar surface area (TPSA) is 104 Å². The molecular weight excluding hydrogens is 422 g/mol. The Hall–Kier alpha value is -3.01. The molecule has 4 rings (SSSR count). The number of rotatable bonds is 5. The lowest BCUT2D eigenvalue weighted by Gasteiger charge is -2.35. The molecule has 10 heteroatoms. The lowest BCUT2D eigenvalue weighted by molar-refractivity contribution is 0.103. The zero-order chi connectivity index (χ0) is 22.0. The van der Waals surface area contributed by atoms with Crippen LogP contribution in [-0.2, 0) is 6.54 Å². The Kier molecular flexibility index (Phi) is 6.17. The van der Waals surface area contributed by atoms with Gasteiger partial charge >= 0.3 is 6.09 Å². The quantitative estimate of drug-likeness (QED) is 0.674. The Morgan fingerprint density at radius 1 is 1.26 bits per heavy atom. The van der Waals surface area contributed by atoms with Crippen LogP contribution in [-0.4, -0.2) is 65.8 Å².